The van der Waals surface area contributed by atoms with Gasteiger partial charge >= 0.3 is 0 Å². The van der Waals surface area contributed by atoms with E-state index in [2.05, 4.69) is 25.7 Å². The quantitative estimate of drug-likeness (QED) is 0.795. The van der Waals surface area contributed by atoms with E-state index in [9.17, 15) is 9.50 Å². The molecular weight excluding hydrogens is 215 g/mol. The second kappa shape index (κ2) is 5.84. The Morgan fingerprint density at radius 1 is 1.47 bits per heavy atom. The first-order valence-electron chi connectivity index (χ1n) is 5.94. The third-order valence-corrected chi connectivity index (χ3v) is 2.74. The van der Waals surface area contributed by atoms with Gasteiger partial charge in [0.15, 0.2) is 0 Å². The molecule has 0 bridgehead atoms. The monoisotopic (exact) mass is 234 g/mol. The molecule has 1 aromatic carbocycles. The standard InChI is InChI=1S/C15H19FO/c1-4-12(2)11-15(3,17)9-8-13-6-5-7-14(16)10-13/h5-7,10,12,17H,4,11H2,1-3H3. The molecule has 1 rings (SSSR count). The number of hydrogen-bond acceptors (Lipinski definition) is 1. The molecule has 2 unspecified atom stereocenters. The molecule has 17 heavy (non-hydrogen) atoms. The summed E-state index contributed by atoms with van der Waals surface area (Å²) in [6.45, 7) is 5.87. The molecule has 0 radical (unpaired) electrons. The molecule has 0 saturated carbocycles. The Morgan fingerprint density at radius 2 is 2.18 bits per heavy atom. The van der Waals surface area contributed by atoms with Crippen molar-refractivity contribution in [3.8, 4) is 11.8 Å². The van der Waals surface area contributed by atoms with E-state index >= 15 is 0 Å². The molecule has 0 saturated heterocycles. The lowest BCUT2D eigenvalue weighted by Gasteiger charge is -2.20. The molecule has 0 amide bonds. The molecule has 0 aliphatic rings. The third kappa shape index (κ3) is 5.01. The smallest absolute Gasteiger partial charge is 0.124 e. The Hall–Kier alpha value is -1.33. The van der Waals surface area contributed by atoms with Crippen LogP contribution >= 0.6 is 0 Å². The van der Waals surface area contributed by atoms with Gasteiger partial charge in [0.1, 0.15) is 11.4 Å². The van der Waals surface area contributed by atoms with Gasteiger partial charge in [-0.2, -0.15) is 0 Å². The largest absolute Gasteiger partial charge is 0.378 e. The van der Waals surface area contributed by atoms with Crippen LogP contribution < -0.4 is 0 Å². The average Bonchev–Trinajstić information content (AvgIpc) is 2.26. The lowest BCUT2D eigenvalue weighted by molar-refractivity contribution is 0.0939. The topological polar surface area (TPSA) is 20.2 Å². The highest BCUT2D eigenvalue weighted by atomic mass is 19.1. The van der Waals surface area contributed by atoms with E-state index in [0.29, 0.717) is 17.9 Å². The molecule has 1 N–H and O–H groups in total. The molecule has 0 aliphatic heterocycles. The summed E-state index contributed by atoms with van der Waals surface area (Å²) in [5.41, 5.74) is -0.420. The van der Waals surface area contributed by atoms with E-state index < -0.39 is 5.60 Å². The molecule has 1 nitrogen and oxygen atoms in total. The predicted octanol–water partition coefficient (Wildman–Crippen LogP) is 3.36. The summed E-state index contributed by atoms with van der Waals surface area (Å²) in [5, 5.41) is 10.1. The Kier molecular flexibility index (Phi) is 4.72. The van der Waals surface area contributed by atoms with Gasteiger partial charge in [0.25, 0.3) is 0 Å². The van der Waals surface area contributed by atoms with Gasteiger partial charge in [-0.15, -0.1) is 0 Å². The van der Waals surface area contributed by atoms with E-state index in [-0.39, 0.29) is 5.82 Å². The highest BCUT2D eigenvalue weighted by Gasteiger charge is 2.19. The van der Waals surface area contributed by atoms with Crippen LogP contribution in [0.2, 0.25) is 0 Å². The molecule has 0 aliphatic carbocycles. The second-order valence-electron chi connectivity index (χ2n) is 4.75. The normalized spacial score (nSPS) is 15.6. The van der Waals surface area contributed by atoms with Crippen molar-refractivity contribution in [1.29, 1.82) is 0 Å². The van der Waals surface area contributed by atoms with Gasteiger partial charge in [0.2, 0.25) is 0 Å². The van der Waals surface area contributed by atoms with E-state index in [4.69, 9.17) is 0 Å². The van der Waals surface area contributed by atoms with Gasteiger partial charge in [-0.3, -0.25) is 0 Å². The molecule has 0 heterocycles. The molecule has 1 aromatic rings. The van der Waals surface area contributed by atoms with E-state index in [1.54, 1.807) is 19.1 Å². The zero-order valence-electron chi connectivity index (χ0n) is 10.6. The summed E-state index contributed by atoms with van der Waals surface area (Å²) in [6, 6.07) is 6.09. The van der Waals surface area contributed by atoms with Crippen molar-refractivity contribution in [2.24, 2.45) is 5.92 Å². The number of rotatable bonds is 3. The SMILES string of the molecule is CCC(C)CC(C)(O)C#Cc1cccc(F)c1. The van der Waals surface area contributed by atoms with E-state index in [1.165, 1.54) is 12.1 Å². The van der Waals surface area contributed by atoms with Gasteiger partial charge in [-0.25, -0.2) is 4.39 Å². The second-order valence-corrected chi connectivity index (χ2v) is 4.75. The van der Waals surface area contributed by atoms with Crippen molar-refractivity contribution >= 4 is 0 Å². The summed E-state index contributed by atoms with van der Waals surface area (Å²) in [5.74, 6) is 5.74. The first-order chi connectivity index (χ1) is 7.93. The van der Waals surface area contributed by atoms with Crippen LogP contribution in [0.4, 0.5) is 4.39 Å². The maximum atomic E-state index is 12.9. The molecule has 2 atom stereocenters. The zero-order chi connectivity index (χ0) is 12.9. The van der Waals surface area contributed by atoms with Crippen molar-refractivity contribution in [2.45, 2.75) is 39.2 Å². The van der Waals surface area contributed by atoms with Crippen LogP contribution in [0.15, 0.2) is 24.3 Å². The Balaban J connectivity index is 2.77. The first-order valence-corrected chi connectivity index (χ1v) is 5.94. The van der Waals surface area contributed by atoms with Crippen molar-refractivity contribution in [3.63, 3.8) is 0 Å². The third-order valence-electron chi connectivity index (χ3n) is 2.74. The van der Waals surface area contributed by atoms with Crippen LogP contribution in [0.25, 0.3) is 0 Å². The van der Waals surface area contributed by atoms with Gasteiger partial charge in [0, 0.05) is 5.56 Å². The number of benzene rings is 1. The van der Waals surface area contributed by atoms with Gasteiger partial charge in [0.05, 0.1) is 0 Å². The zero-order valence-corrected chi connectivity index (χ0v) is 10.6. The summed E-state index contributed by atoms with van der Waals surface area (Å²) in [4.78, 5) is 0. The molecule has 0 fully saturated rings. The highest BCUT2D eigenvalue weighted by Crippen LogP contribution is 2.18. The Bertz CT molecular complexity index is 426. The van der Waals surface area contributed by atoms with E-state index in [0.717, 1.165) is 6.42 Å². The summed E-state index contributed by atoms with van der Waals surface area (Å²) >= 11 is 0. The van der Waals surface area contributed by atoms with Gasteiger partial charge in [-0.05, 0) is 37.5 Å². The molecular formula is C15H19FO. The fraction of sp³-hybridized carbons (Fsp3) is 0.467. The molecule has 2 heteroatoms. The minimum atomic E-state index is -1.01. The summed E-state index contributed by atoms with van der Waals surface area (Å²) in [6.07, 6.45) is 1.64. The summed E-state index contributed by atoms with van der Waals surface area (Å²) < 4.78 is 12.9. The average molecular weight is 234 g/mol. The number of halogens is 1. The van der Waals surface area contributed by atoms with Crippen molar-refractivity contribution < 1.29 is 9.50 Å². The van der Waals surface area contributed by atoms with Crippen molar-refractivity contribution in [3.05, 3.63) is 35.6 Å². The number of hydrogen-bond donors (Lipinski definition) is 1. The fourth-order valence-electron chi connectivity index (χ4n) is 1.65. The minimum absolute atomic E-state index is 0.307. The van der Waals surface area contributed by atoms with Crippen LogP contribution in [-0.2, 0) is 0 Å². The van der Waals surface area contributed by atoms with Crippen LogP contribution in [0, 0.1) is 23.6 Å². The summed E-state index contributed by atoms with van der Waals surface area (Å²) in [7, 11) is 0. The molecule has 92 valence electrons. The first kappa shape index (κ1) is 13.7. The van der Waals surface area contributed by atoms with Crippen LogP contribution in [0.5, 0.6) is 0 Å². The highest BCUT2D eigenvalue weighted by molar-refractivity contribution is 5.36. The maximum absolute atomic E-state index is 12.9. The molecule has 0 aromatic heterocycles. The van der Waals surface area contributed by atoms with Crippen molar-refractivity contribution in [2.75, 3.05) is 0 Å². The lowest BCUT2D eigenvalue weighted by atomic mass is 9.92. The predicted molar refractivity (Wildman–Crippen MR) is 68.0 cm³/mol. The maximum Gasteiger partial charge on any atom is 0.124 e. The lowest BCUT2D eigenvalue weighted by Crippen LogP contribution is -2.24. The fourth-order valence-corrected chi connectivity index (χ4v) is 1.65. The van der Waals surface area contributed by atoms with Gasteiger partial charge in [-0.1, -0.05) is 38.2 Å². The van der Waals surface area contributed by atoms with Crippen molar-refractivity contribution in [1.82, 2.24) is 0 Å². The number of aliphatic hydroxyl groups is 1. The van der Waals surface area contributed by atoms with Crippen LogP contribution in [0.3, 0.4) is 0 Å². The van der Waals surface area contributed by atoms with E-state index in [1.807, 2.05) is 0 Å². The van der Waals surface area contributed by atoms with Gasteiger partial charge < -0.3 is 5.11 Å². The minimum Gasteiger partial charge on any atom is -0.378 e. The Morgan fingerprint density at radius 3 is 2.76 bits per heavy atom. The van der Waals surface area contributed by atoms with Crippen LogP contribution in [0.1, 0.15) is 39.2 Å². The van der Waals surface area contributed by atoms with Crippen LogP contribution in [-0.4, -0.2) is 10.7 Å². The molecule has 0 spiro atoms. The Labute approximate surface area is 103 Å².